The molecule has 1 unspecified atom stereocenters. The SMILES string of the molecule is CCNC(C)(C)C(=O)N1CCCC1c1ccncc1. The van der Waals surface area contributed by atoms with Gasteiger partial charge in [-0.05, 0) is 50.9 Å². The van der Waals surface area contributed by atoms with Gasteiger partial charge < -0.3 is 10.2 Å². The molecular formula is C15H23N3O. The summed E-state index contributed by atoms with van der Waals surface area (Å²) in [6.45, 7) is 7.59. The van der Waals surface area contributed by atoms with Crippen LogP contribution in [0.4, 0.5) is 0 Å². The summed E-state index contributed by atoms with van der Waals surface area (Å²) in [6, 6.07) is 4.22. The summed E-state index contributed by atoms with van der Waals surface area (Å²) in [4.78, 5) is 18.7. The van der Waals surface area contributed by atoms with Crippen LogP contribution in [0.5, 0.6) is 0 Å². The van der Waals surface area contributed by atoms with Gasteiger partial charge in [-0.1, -0.05) is 6.92 Å². The van der Waals surface area contributed by atoms with Crippen molar-refractivity contribution in [3.05, 3.63) is 30.1 Å². The number of pyridine rings is 1. The van der Waals surface area contributed by atoms with Crippen LogP contribution < -0.4 is 5.32 Å². The van der Waals surface area contributed by atoms with Gasteiger partial charge in [0.1, 0.15) is 0 Å². The van der Waals surface area contributed by atoms with Crippen molar-refractivity contribution < 1.29 is 4.79 Å². The number of rotatable bonds is 4. The van der Waals surface area contributed by atoms with Gasteiger partial charge in [0.15, 0.2) is 0 Å². The molecule has 1 aliphatic heterocycles. The first-order chi connectivity index (χ1) is 9.06. The summed E-state index contributed by atoms with van der Waals surface area (Å²) in [5.74, 6) is 0.189. The van der Waals surface area contributed by atoms with E-state index in [-0.39, 0.29) is 11.9 Å². The van der Waals surface area contributed by atoms with Gasteiger partial charge >= 0.3 is 0 Å². The van der Waals surface area contributed by atoms with E-state index in [0.29, 0.717) is 0 Å². The van der Waals surface area contributed by atoms with Gasteiger partial charge in [-0.2, -0.15) is 0 Å². The van der Waals surface area contributed by atoms with Crippen molar-refractivity contribution in [1.29, 1.82) is 0 Å². The van der Waals surface area contributed by atoms with Crippen LogP contribution in [0.1, 0.15) is 45.2 Å². The summed E-state index contributed by atoms with van der Waals surface area (Å²) in [5, 5.41) is 3.27. The minimum atomic E-state index is -0.496. The van der Waals surface area contributed by atoms with Crippen molar-refractivity contribution in [1.82, 2.24) is 15.2 Å². The van der Waals surface area contributed by atoms with Gasteiger partial charge in [-0.3, -0.25) is 9.78 Å². The highest BCUT2D eigenvalue weighted by atomic mass is 16.2. The van der Waals surface area contributed by atoms with Crippen molar-refractivity contribution in [2.45, 2.75) is 45.2 Å². The number of likely N-dealkylation sites (N-methyl/N-ethyl adjacent to an activating group) is 1. The van der Waals surface area contributed by atoms with E-state index in [4.69, 9.17) is 0 Å². The van der Waals surface area contributed by atoms with E-state index in [1.807, 2.05) is 37.8 Å². The highest BCUT2D eigenvalue weighted by Crippen LogP contribution is 2.33. The Hall–Kier alpha value is -1.42. The summed E-state index contributed by atoms with van der Waals surface area (Å²) in [5.41, 5.74) is 0.692. The summed E-state index contributed by atoms with van der Waals surface area (Å²) in [7, 11) is 0. The maximum Gasteiger partial charge on any atom is 0.242 e. The third-order valence-electron chi connectivity index (χ3n) is 3.76. The monoisotopic (exact) mass is 261 g/mol. The van der Waals surface area contributed by atoms with E-state index >= 15 is 0 Å². The van der Waals surface area contributed by atoms with Crippen LogP contribution in [-0.4, -0.2) is 34.4 Å². The number of aromatic nitrogens is 1. The van der Waals surface area contributed by atoms with E-state index in [9.17, 15) is 4.79 Å². The Balaban J connectivity index is 2.17. The molecule has 1 aromatic heterocycles. The lowest BCUT2D eigenvalue weighted by Crippen LogP contribution is -2.53. The van der Waals surface area contributed by atoms with Crippen molar-refractivity contribution >= 4 is 5.91 Å². The van der Waals surface area contributed by atoms with Gasteiger partial charge in [-0.25, -0.2) is 0 Å². The Labute approximate surface area is 115 Å². The van der Waals surface area contributed by atoms with Crippen LogP contribution in [0.15, 0.2) is 24.5 Å². The minimum absolute atomic E-state index is 0.189. The molecule has 19 heavy (non-hydrogen) atoms. The zero-order valence-electron chi connectivity index (χ0n) is 12.0. The van der Waals surface area contributed by atoms with Crippen LogP contribution >= 0.6 is 0 Å². The number of amides is 1. The lowest BCUT2D eigenvalue weighted by Gasteiger charge is -2.33. The van der Waals surface area contributed by atoms with Gasteiger partial charge in [0.25, 0.3) is 0 Å². The molecule has 1 atom stereocenters. The molecule has 0 spiro atoms. The number of nitrogens with zero attached hydrogens (tertiary/aromatic N) is 2. The second-order valence-electron chi connectivity index (χ2n) is 5.59. The molecule has 0 radical (unpaired) electrons. The first kappa shape index (κ1) is 14.0. The Bertz CT molecular complexity index is 430. The van der Waals surface area contributed by atoms with E-state index in [1.165, 1.54) is 5.56 Å². The fourth-order valence-electron chi connectivity index (χ4n) is 2.82. The normalized spacial score (nSPS) is 19.7. The van der Waals surface area contributed by atoms with Crippen LogP contribution in [0.3, 0.4) is 0 Å². The Morgan fingerprint density at radius 2 is 2.16 bits per heavy atom. The zero-order valence-corrected chi connectivity index (χ0v) is 12.0. The fraction of sp³-hybridized carbons (Fsp3) is 0.600. The van der Waals surface area contributed by atoms with Crippen LogP contribution in [0.25, 0.3) is 0 Å². The van der Waals surface area contributed by atoms with Gasteiger partial charge in [0.05, 0.1) is 11.6 Å². The Morgan fingerprint density at radius 1 is 1.47 bits per heavy atom. The standard InChI is InChI=1S/C15H23N3O/c1-4-17-15(2,3)14(19)18-11-5-6-13(18)12-7-9-16-10-8-12/h7-10,13,17H,4-6,11H2,1-3H3. The molecule has 1 fully saturated rings. The zero-order chi connectivity index (χ0) is 13.9. The van der Waals surface area contributed by atoms with Crippen molar-refractivity contribution in [3.8, 4) is 0 Å². The van der Waals surface area contributed by atoms with E-state index in [0.717, 1.165) is 25.9 Å². The molecule has 1 amide bonds. The molecule has 2 heterocycles. The molecule has 1 N–H and O–H groups in total. The molecule has 2 rings (SSSR count). The number of likely N-dealkylation sites (tertiary alicyclic amines) is 1. The molecule has 0 aromatic carbocycles. The van der Waals surface area contributed by atoms with Crippen LogP contribution in [0, 0.1) is 0 Å². The molecule has 0 saturated carbocycles. The van der Waals surface area contributed by atoms with Gasteiger partial charge in [0, 0.05) is 18.9 Å². The maximum atomic E-state index is 12.7. The maximum absolute atomic E-state index is 12.7. The van der Waals surface area contributed by atoms with Crippen LogP contribution in [-0.2, 0) is 4.79 Å². The van der Waals surface area contributed by atoms with E-state index in [2.05, 4.69) is 10.3 Å². The third kappa shape index (κ3) is 2.95. The van der Waals surface area contributed by atoms with Crippen molar-refractivity contribution in [2.24, 2.45) is 0 Å². The number of nitrogens with one attached hydrogen (secondary N) is 1. The number of hydrogen-bond acceptors (Lipinski definition) is 3. The topological polar surface area (TPSA) is 45.2 Å². The first-order valence-corrected chi connectivity index (χ1v) is 7.02. The molecule has 4 nitrogen and oxygen atoms in total. The third-order valence-corrected chi connectivity index (χ3v) is 3.76. The number of carbonyl (C=O) groups excluding carboxylic acids is 1. The Morgan fingerprint density at radius 3 is 2.79 bits per heavy atom. The quantitative estimate of drug-likeness (QED) is 0.903. The van der Waals surface area contributed by atoms with Gasteiger partial charge in [-0.15, -0.1) is 0 Å². The molecule has 4 heteroatoms. The average Bonchev–Trinajstić information content (AvgIpc) is 2.87. The van der Waals surface area contributed by atoms with E-state index < -0.39 is 5.54 Å². The lowest BCUT2D eigenvalue weighted by molar-refractivity contribution is -0.138. The molecular weight excluding hydrogens is 238 g/mol. The van der Waals surface area contributed by atoms with Crippen molar-refractivity contribution in [2.75, 3.05) is 13.1 Å². The second kappa shape index (κ2) is 5.70. The summed E-state index contributed by atoms with van der Waals surface area (Å²) < 4.78 is 0. The van der Waals surface area contributed by atoms with Crippen LogP contribution in [0.2, 0.25) is 0 Å². The van der Waals surface area contributed by atoms with E-state index in [1.54, 1.807) is 12.4 Å². The predicted molar refractivity (Wildman–Crippen MR) is 75.7 cm³/mol. The minimum Gasteiger partial charge on any atom is -0.334 e. The molecule has 0 bridgehead atoms. The smallest absolute Gasteiger partial charge is 0.242 e. The Kier molecular flexibility index (Phi) is 4.20. The average molecular weight is 261 g/mol. The van der Waals surface area contributed by atoms with Crippen molar-refractivity contribution in [3.63, 3.8) is 0 Å². The first-order valence-electron chi connectivity index (χ1n) is 7.02. The lowest BCUT2D eigenvalue weighted by atomic mass is 10.0. The molecule has 1 saturated heterocycles. The second-order valence-corrected chi connectivity index (χ2v) is 5.59. The predicted octanol–water partition coefficient (Wildman–Crippen LogP) is 2.13. The molecule has 104 valence electrons. The number of hydrogen-bond donors (Lipinski definition) is 1. The highest BCUT2D eigenvalue weighted by molar-refractivity contribution is 5.86. The fourth-order valence-corrected chi connectivity index (χ4v) is 2.82. The molecule has 1 aliphatic rings. The molecule has 0 aliphatic carbocycles. The summed E-state index contributed by atoms with van der Waals surface area (Å²) >= 11 is 0. The molecule has 1 aromatic rings. The largest absolute Gasteiger partial charge is 0.334 e. The highest BCUT2D eigenvalue weighted by Gasteiger charge is 2.37. The summed E-state index contributed by atoms with van der Waals surface area (Å²) in [6.07, 6.45) is 5.70. The van der Waals surface area contributed by atoms with Gasteiger partial charge in [0.2, 0.25) is 5.91 Å². The number of carbonyl (C=O) groups is 1.